The van der Waals surface area contributed by atoms with Crippen LogP contribution in [0.4, 0.5) is 0 Å². The number of alkyl halides is 1. The van der Waals surface area contributed by atoms with Gasteiger partial charge in [-0.1, -0.05) is 36.7 Å². The van der Waals surface area contributed by atoms with Crippen molar-refractivity contribution in [2.75, 3.05) is 5.88 Å². The molecule has 0 fully saturated rings. The van der Waals surface area contributed by atoms with Crippen LogP contribution in [-0.2, 0) is 12.8 Å². The van der Waals surface area contributed by atoms with Gasteiger partial charge in [0.25, 0.3) is 0 Å². The predicted octanol–water partition coefficient (Wildman–Crippen LogP) is 5.02. The number of benzene rings is 2. The zero-order valence-electron chi connectivity index (χ0n) is 11.8. The maximum Gasteiger partial charge on any atom is 0.115 e. The van der Waals surface area contributed by atoms with Crippen molar-refractivity contribution in [3.63, 3.8) is 0 Å². The molecule has 0 N–H and O–H groups in total. The van der Waals surface area contributed by atoms with Gasteiger partial charge in [0.15, 0.2) is 0 Å². The van der Waals surface area contributed by atoms with Gasteiger partial charge in [0.2, 0.25) is 0 Å². The third-order valence-corrected chi connectivity index (χ3v) is 4.11. The number of fused-ring (bicyclic) bond motifs is 1. The van der Waals surface area contributed by atoms with Crippen LogP contribution in [0, 0.1) is 0 Å². The summed E-state index contributed by atoms with van der Waals surface area (Å²) in [4.78, 5) is 4.68. The van der Waals surface area contributed by atoms with E-state index in [1.54, 1.807) is 0 Å². The van der Waals surface area contributed by atoms with Crippen LogP contribution >= 0.6 is 23.2 Å². The Morgan fingerprint density at radius 1 is 1.10 bits per heavy atom. The van der Waals surface area contributed by atoms with Gasteiger partial charge in [0.1, 0.15) is 5.82 Å². The second-order valence-electron chi connectivity index (χ2n) is 4.93. The van der Waals surface area contributed by atoms with Crippen molar-refractivity contribution in [2.45, 2.75) is 19.8 Å². The molecular formula is C17H16Cl2N2. The Morgan fingerprint density at radius 3 is 2.52 bits per heavy atom. The summed E-state index contributed by atoms with van der Waals surface area (Å²) in [6.07, 6.45) is 1.74. The quantitative estimate of drug-likeness (QED) is 0.617. The molecule has 3 aromatic rings. The van der Waals surface area contributed by atoms with Crippen molar-refractivity contribution >= 4 is 34.2 Å². The van der Waals surface area contributed by atoms with Crippen LogP contribution in [0.2, 0.25) is 5.02 Å². The van der Waals surface area contributed by atoms with E-state index >= 15 is 0 Å². The van der Waals surface area contributed by atoms with Crippen molar-refractivity contribution in [3.05, 3.63) is 58.9 Å². The number of halogens is 2. The lowest BCUT2D eigenvalue weighted by Gasteiger charge is -2.10. The first kappa shape index (κ1) is 14.4. The van der Waals surface area contributed by atoms with Crippen LogP contribution in [0.15, 0.2) is 42.5 Å². The molecule has 0 aliphatic rings. The van der Waals surface area contributed by atoms with Gasteiger partial charge in [-0.25, -0.2) is 4.98 Å². The molecule has 2 aromatic carbocycles. The van der Waals surface area contributed by atoms with Crippen LogP contribution in [0.3, 0.4) is 0 Å². The smallest absolute Gasteiger partial charge is 0.115 e. The maximum atomic E-state index is 6.39. The van der Waals surface area contributed by atoms with E-state index in [-0.39, 0.29) is 0 Å². The fourth-order valence-corrected chi connectivity index (χ4v) is 2.97. The van der Waals surface area contributed by atoms with Crippen molar-refractivity contribution in [1.82, 2.24) is 9.55 Å². The number of aromatic nitrogens is 2. The molecule has 0 aliphatic carbocycles. The zero-order valence-corrected chi connectivity index (χ0v) is 13.3. The van der Waals surface area contributed by atoms with E-state index in [0.717, 1.165) is 29.0 Å². The molecular weight excluding hydrogens is 303 g/mol. The highest BCUT2D eigenvalue weighted by Gasteiger charge is 2.14. The Labute approximate surface area is 134 Å². The second-order valence-corrected chi connectivity index (χ2v) is 5.72. The molecule has 0 radical (unpaired) electrons. The molecule has 0 saturated heterocycles. The minimum atomic E-state index is 0.536. The third kappa shape index (κ3) is 2.66. The van der Waals surface area contributed by atoms with Crippen LogP contribution < -0.4 is 0 Å². The molecule has 0 aliphatic heterocycles. The molecule has 1 heterocycles. The second kappa shape index (κ2) is 6.08. The number of nitrogens with zero attached hydrogens (tertiary/aromatic N) is 2. The number of para-hydroxylation sites is 1. The summed E-state index contributed by atoms with van der Waals surface area (Å²) >= 11 is 12.3. The van der Waals surface area contributed by atoms with Crippen molar-refractivity contribution < 1.29 is 0 Å². The van der Waals surface area contributed by atoms with E-state index in [9.17, 15) is 0 Å². The molecule has 1 aromatic heterocycles. The lowest BCUT2D eigenvalue weighted by molar-refractivity contribution is 0.911. The molecule has 3 rings (SSSR count). The molecule has 21 heavy (non-hydrogen) atoms. The van der Waals surface area contributed by atoms with Crippen LogP contribution in [0.1, 0.15) is 18.3 Å². The van der Waals surface area contributed by atoms with Crippen molar-refractivity contribution in [3.8, 4) is 5.69 Å². The first-order chi connectivity index (χ1) is 10.2. The molecule has 0 saturated carbocycles. The molecule has 108 valence electrons. The highest BCUT2D eigenvalue weighted by Crippen LogP contribution is 2.28. The molecule has 0 bridgehead atoms. The molecule has 0 unspecified atom stereocenters. The standard InChI is InChI=1S/C17H16Cl2N2/c1-2-12-6-8-13(9-7-12)21-16(10-11-18)20-15-5-3-4-14(19)17(15)21/h3-9H,2,10-11H2,1H3. The average Bonchev–Trinajstić information content (AvgIpc) is 2.87. The summed E-state index contributed by atoms with van der Waals surface area (Å²) in [5.41, 5.74) is 4.24. The van der Waals surface area contributed by atoms with Gasteiger partial charge in [0.05, 0.1) is 16.1 Å². The summed E-state index contributed by atoms with van der Waals surface area (Å²) in [5, 5.41) is 0.709. The Hall–Kier alpha value is -1.51. The van der Waals surface area contributed by atoms with Crippen molar-refractivity contribution in [1.29, 1.82) is 0 Å². The Bertz CT molecular complexity index is 760. The molecule has 0 atom stereocenters. The third-order valence-electron chi connectivity index (χ3n) is 3.62. The van der Waals surface area contributed by atoms with E-state index in [1.165, 1.54) is 5.56 Å². The van der Waals surface area contributed by atoms with Crippen LogP contribution in [-0.4, -0.2) is 15.4 Å². The fraction of sp³-hybridized carbons (Fsp3) is 0.235. The summed E-state index contributed by atoms with van der Waals surface area (Å²) < 4.78 is 2.11. The van der Waals surface area contributed by atoms with E-state index in [4.69, 9.17) is 23.2 Å². The number of hydrogen-bond acceptors (Lipinski definition) is 1. The Morgan fingerprint density at radius 2 is 1.86 bits per heavy atom. The SMILES string of the molecule is CCc1ccc(-n2c(CCCl)nc3cccc(Cl)c32)cc1. The lowest BCUT2D eigenvalue weighted by Crippen LogP contribution is -2.02. The number of hydrogen-bond donors (Lipinski definition) is 0. The molecule has 2 nitrogen and oxygen atoms in total. The highest BCUT2D eigenvalue weighted by molar-refractivity contribution is 6.35. The van der Waals surface area contributed by atoms with Crippen molar-refractivity contribution in [2.24, 2.45) is 0 Å². The van der Waals surface area contributed by atoms with Crippen LogP contribution in [0.5, 0.6) is 0 Å². The topological polar surface area (TPSA) is 17.8 Å². The van der Waals surface area contributed by atoms with Gasteiger partial charge in [-0.3, -0.25) is 4.57 Å². The first-order valence-corrected chi connectivity index (χ1v) is 7.97. The lowest BCUT2D eigenvalue weighted by atomic mass is 10.1. The monoisotopic (exact) mass is 318 g/mol. The van der Waals surface area contributed by atoms with Crippen LogP contribution in [0.25, 0.3) is 16.7 Å². The predicted molar refractivity (Wildman–Crippen MR) is 89.9 cm³/mol. The largest absolute Gasteiger partial charge is 0.295 e. The minimum Gasteiger partial charge on any atom is -0.295 e. The summed E-state index contributed by atoms with van der Waals surface area (Å²) in [5.74, 6) is 1.48. The van der Waals surface area contributed by atoms with Gasteiger partial charge in [-0.05, 0) is 36.2 Å². The first-order valence-electron chi connectivity index (χ1n) is 7.05. The summed E-state index contributed by atoms with van der Waals surface area (Å²) in [7, 11) is 0. The minimum absolute atomic E-state index is 0.536. The summed E-state index contributed by atoms with van der Waals surface area (Å²) in [6.45, 7) is 2.15. The number of aryl methyl sites for hydroxylation is 2. The van der Waals surface area contributed by atoms with Gasteiger partial charge >= 0.3 is 0 Å². The Balaban J connectivity index is 2.24. The van der Waals surface area contributed by atoms with E-state index in [1.807, 2.05) is 18.2 Å². The summed E-state index contributed by atoms with van der Waals surface area (Å²) in [6, 6.07) is 14.3. The highest BCUT2D eigenvalue weighted by atomic mass is 35.5. The molecule has 0 amide bonds. The Kier molecular flexibility index (Phi) is 4.18. The van der Waals surface area contributed by atoms with E-state index in [0.29, 0.717) is 17.3 Å². The van der Waals surface area contributed by atoms with E-state index < -0.39 is 0 Å². The van der Waals surface area contributed by atoms with Gasteiger partial charge < -0.3 is 0 Å². The average molecular weight is 319 g/mol. The van der Waals surface area contributed by atoms with Gasteiger partial charge in [-0.15, -0.1) is 11.6 Å². The molecule has 0 spiro atoms. The number of imidazole rings is 1. The fourth-order valence-electron chi connectivity index (χ4n) is 2.54. The van der Waals surface area contributed by atoms with Gasteiger partial charge in [-0.2, -0.15) is 0 Å². The maximum absolute atomic E-state index is 6.39. The number of rotatable bonds is 4. The van der Waals surface area contributed by atoms with E-state index in [2.05, 4.69) is 40.7 Å². The zero-order chi connectivity index (χ0) is 14.8. The van der Waals surface area contributed by atoms with Gasteiger partial charge in [0, 0.05) is 18.0 Å². The molecule has 4 heteroatoms. The normalized spacial score (nSPS) is 11.2.